The molecular formula is C42H45ClFN7O7. The van der Waals surface area contributed by atoms with Crippen molar-refractivity contribution >= 4 is 47.0 Å². The van der Waals surface area contributed by atoms with Gasteiger partial charge in [0.25, 0.3) is 23.6 Å². The number of piperidine rings is 1. The minimum Gasteiger partial charge on any atom is -0.494 e. The molecule has 14 nitrogen and oxygen atoms in total. The highest BCUT2D eigenvalue weighted by Crippen LogP contribution is 2.58. The fraction of sp³-hybridized carbons (Fsp3) is 0.452. The third-order valence-corrected chi connectivity index (χ3v) is 12.2. The number of imide groups is 2. The van der Waals surface area contributed by atoms with E-state index < -0.39 is 58.5 Å². The van der Waals surface area contributed by atoms with Gasteiger partial charge in [-0.05, 0) is 56.1 Å². The van der Waals surface area contributed by atoms with Crippen molar-refractivity contribution in [3.8, 4) is 17.6 Å². The highest BCUT2D eigenvalue weighted by Gasteiger charge is 2.68. The zero-order valence-corrected chi connectivity index (χ0v) is 33.6. The molecule has 1 aromatic heterocycles. The SMILES string of the molecule is CC1(C)C(Oc2ccc(C#N)c(Cl)c2)C(C)(C)C1N1C(=O)CCC(N2C(=O)c3ccc(OCCCCN4CCN(c5cc(F)c(C(N)=O)cn5)CC4)cc3C2=O)C1=O. The largest absolute Gasteiger partial charge is 0.494 e. The van der Waals surface area contributed by atoms with Gasteiger partial charge in [0.05, 0.1) is 39.9 Å². The first-order chi connectivity index (χ1) is 27.5. The first kappa shape index (κ1) is 40.6. The number of carbonyl (C=O) groups is 5. The number of nitriles is 1. The molecule has 2 aromatic carbocycles. The number of nitrogens with zero attached hydrogens (tertiary/aromatic N) is 6. The van der Waals surface area contributed by atoms with E-state index in [0.29, 0.717) is 42.6 Å². The van der Waals surface area contributed by atoms with Crippen LogP contribution in [-0.2, 0) is 9.59 Å². The molecule has 0 radical (unpaired) electrons. The Hall–Kier alpha value is -5.59. The van der Waals surface area contributed by atoms with Crippen LogP contribution in [0.3, 0.4) is 0 Å². The molecule has 1 atom stereocenters. The van der Waals surface area contributed by atoms with Gasteiger partial charge in [0, 0.05) is 61.8 Å². The lowest BCUT2D eigenvalue weighted by molar-refractivity contribution is -0.216. The normalized spacial score (nSPS) is 22.7. The number of piperazine rings is 1. The number of hydrogen-bond donors (Lipinski definition) is 1. The van der Waals surface area contributed by atoms with Crippen molar-refractivity contribution < 1.29 is 37.8 Å². The second-order valence-electron chi connectivity index (χ2n) is 16.4. The van der Waals surface area contributed by atoms with E-state index in [1.54, 1.807) is 24.3 Å². The van der Waals surface area contributed by atoms with Crippen molar-refractivity contribution in [1.82, 2.24) is 19.7 Å². The fourth-order valence-corrected chi connectivity index (χ4v) is 9.60. The summed E-state index contributed by atoms with van der Waals surface area (Å²) in [6, 6.07) is 11.0. The van der Waals surface area contributed by atoms with Gasteiger partial charge in [-0.15, -0.1) is 0 Å². The molecule has 3 fully saturated rings. The average molecular weight is 814 g/mol. The van der Waals surface area contributed by atoms with Crippen LogP contribution in [0.1, 0.15) is 90.0 Å². The Labute approximate surface area is 340 Å². The van der Waals surface area contributed by atoms with Gasteiger partial charge in [-0.1, -0.05) is 39.3 Å². The molecule has 2 N–H and O–H groups in total. The molecule has 4 heterocycles. The lowest BCUT2D eigenvalue weighted by atomic mass is 9.48. The van der Waals surface area contributed by atoms with E-state index in [1.165, 1.54) is 29.3 Å². The number of fused-ring (bicyclic) bond motifs is 1. The summed E-state index contributed by atoms with van der Waals surface area (Å²) in [5.74, 6) is -2.36. The molecule has 3 aromatic rings. The molecule has 1 aliphatic carbocycles. The predicted molar refractivity (Wildman–Crippen MR) is 210 cm³/mol. The van der Waals surface area contributed by atoms with Gasteiger partial charge >= 0.3 is 0 Å². The molecule has 304 valence electrons. The Morgan fingerprint density at radius 1 is 0.948 bits per heavy atom. The number of nitrogens with two attached hydrogens (primary N) is 1. The maximum absolute atomic E-state index is 14.3. The lowest BCUT2D eigenvalue weighted by Crippen LogP contribution is -2.77. The molecule has 58 heavy (non-hydrogen) atoms. The van der Waals surface area contributed by atoms with E-state index in [0.717, 1.165) is 37.4 Å². The first-order valence-electron chi connectivity index (χ1n) is 19.3. The number of pyridine rings is 1. The molecule has 0 bridgehead atoms. The van der Waals surface area contributed by atoms with Gasteiger partial charge in [0.2, 0.25) is 5.91 Å². The van der Waals surface area contributed by atoms with Crippen molar-refractivity contribution in [2.45, 2.75) is 71.6 Å². The van der Waals surface area contributed by atoms with Crippen molar-refractivity contribution in [2.24, 2.45) is 16.6 Å². The van der Waals surface area contributed by atoms with Crippen LogP contribution in [0, 0.1) is 28.0 Å². The Morgan fingerprint density at radius 3 is 2.29 bits per heavy atom. The van der Waals surface area contributed by atoms with Crippen LogP contribution in [0.15, 0.2) is 48.7 Å². The lowest BCUT2D eigenvalue weighted by Gasteiger charge is -2.65. The van der Waals surface area contributed by atoms with Crippen LogP contribution in [0.25, 0.3) is 0 Å². The number of ether oxygens (including phenoxy) is 2. The quantitative estimate of drug-likeness (QED) is 0.196. The number of amides is 5. The number of benzene rings is 2. The van der Waals surface area contributed by atoms with Crippen molar-refractivity contribution in [3.05, 3.63) is 81.8 Å². The van der Waals surface area contributed by atoms with Crippen LogP contribution in [-0.4, -0.2) is 107 Å². The smallest absolute Gasteiger partial charge is 0.262 e. The maximum atomic E-state index is 14.3. The van der Waals surface area contributed by atoms with E-state index >= 15 is 0 Å². The van der Waals surface area contributed by atoms with Crippen LogP contribution >= 0.6 is 11.6 Å². The predicted octanol–water partition coefficient (Wildman–Crippen LogP) is 4.82. The zero-order valence-electron chi connectivity index (χ0n) is 32.8. The summed E-state index contributed by atoms with van der Waals surface area (Å²) in [5, 5.41) is 9.51. The van der Waals surface area contributed by atoms with Gasteiger partial charge in [0.15, 0.2) is 0 Å². The van der Waals surface area contributed by atoms with E-state index in [4.69, 9.17) is 26.8 Å². The zero-order chi connectivity index (χ0) is 41.7. The number of aromatic nitrogens is 1. The first-order valence-corrected chi connectivity index (χ1v) is 19.7. The molecule has 3 aliphatic heterocycles. The topological polar surface area (TPSA) is 179 Å². The van der Waals surface area contributed by atoms with E-state index in [9.17, 15) is 33.6 Å². The third-order valence-electron chi connectivity index (χ3n) is 11.9. The molecule has 7 rings (SSSR count). The number of unbranched alkanes of at least 4 members (excludes halogenated alkanes) is 1. The molecule has 5 amide bonds. The standard InChI is InChI=1S/C42H45ClFN7O7/c1-41(2)39(42(3,4)40(41)58-26-8-7-24(22-45)30(43)20-26)51-34(52)12-11-32(38(51)56)50-36(54)27-10-9-25(19-28(27)37(50)55)57-18-6-5-13-48-14-16-49(17-15-48)33-21-31(44)29(23-47-33)35(46)53/h7-10,19-21,23,32,39-40H,5-6,11-18H2,1-4H3,(H2,46,53). The number of carbonyl (C=O) groups excluding carboxylic acids is 5. The van der Waals surface area contributed by atoms with Crippen molar-refractivity contribution in [1.29, 1.82) is 5.26 Å². The second-order valence-corrected chi connectivity index (χ2v) is 16.8. The summed E-state index contributed by atoms with van der Waals surface area (Å²) >= 11 is 6.25. The molecule has 0 spiro atoms. The summed E-state index contributed by atoms with van der Waals surface area (Å²) in [4.78, 5) is 77.3. The van der Waals surface area contributed by atoms with Crippen LogP contribution in [0.2, 0.25) is 5.02 Å². The number of hydrogen-bond acceptors (Lipinski definition) is 11. The molecular weight excluding hydrogens is 769 g/mol. The minimum absolute atomic E-state index is 0.0172. The molecule has 2 saturated heterocycles. The molecule has 1 unspecified atom stereocenters. The molecule has 4 aliphatic rings. The summed E-state index contributed by atoms with van der Waals surface area (Å²) in [6.07, 6.45) is 2.31. The number of halogens is 2. The van der Waals surface area contributed by atoms with Crippen molar-refractivity contribution in [2.75, 3.05) is 44.2 Å². The van der Waals surface area contributed by atoms with Gasteiger partial charge < -0.3 is 20.1 Å². The van der Waals surface area contributed by atoms with Crippen LogP contribution in [0.5, 0.6) is 11.5 Å². The molecule has 1 saturated carbocycles. The monoisotopic (exact) mass is 813 g/mol. The minimum atomic E-state index is -1.15. The van der Waals surface area contributed by atoms with E-state index in [1.807, 2.05) is 38.7 Å². The van der Waals surface area contributed by atoms with Gasteiger partial charge in [-0.2, -0.15) is 5.26 Å². The summed E-state index contributed by atoms with van der Waals surface area (Å²) in [6.45, 7) is 11.7. The Morgan fingerprint density at radius 2 is 1.64 bits per heavy atom. The summed E-state index contributed by atoms with van der Waals surface area (Å²) in [7, 11) is 0. The van der Waals surface area contributed by atoms with Gasteiger partial charge in [-0.3, -0.25) is 38.7 Å². The van der Waals surface area contributed by atoms with Gasteiger partial charge in [-0.25, -0.2) is 9.37 Å². The van der Waals surface area contributed by atoms with E-state index in [2.05, 4.69) is 9.88 Å². The number of anilines is 1. The summed E-state index contributed by atoms with van der Waals surface area (Å²) in [5.41, 5.74) is 4.14. The average Bonchev–Trinajstić information content (AvgIpc) is 3.43. The summed E-state index contributed by atoms with van der Waals surface area (Å²) < 4.78 is 26.6. The molecule has 16 heteroatoms. The highest BCUT2D eigenvalue weighted by atomic mass is 35.5. The Balaban J connectivity index is 0.927. The van der Waals surface area contributed by atoms with Crippen molar-refractivity contribution in [3.63, 3.8) is 0 Å². The number of primary amides is 1. The van der Waals surface area contributed by atoms with Gasteiger partial charge in [0.1, 0.15) is 41.3 Å². The number of likely N-dealkylation sites (tertiary alicyclic amines) is 1. The fourth-order valence-electron chi connectivity index (χ4n) is 9.39. The van der Waals surface area contributed by atoms with Crippen LogP contribution < -0.4 is 20.1 Å². The third kappa shape index (κ3) is 7.24. The van der Waals surface area contributed by atoms with E-state index in [-0.39, 0.29) is 40.5 Å². The Kier molecular flexibility index (Phi) is 10.9. The van der Waals surface area contributed by atoms with Crippen LogP contribution in [0.4, 0.5) is 10.2 Å². The highest BCUT2D eigenvalue weighted by molar-refractivity contribution is 6.31. The Bertz CT molecular complexity index is 2220. The second kappa shape index (κ2) is 15.6. The maximum Gasteiger partial charge on any atom is 0.262 e. The number of rotatable bonds is 12.